The third kappa shape index (κ3) is 22.4. The maximum absolute atomic E-state index is 15.2. The predicted molar refractivity (Wildman–Crippen MR) is 425 cm³/mol. The molecule has 14 rings (SSSR count). The summed E-state index contributed by atoms with van der Waals surface area (Å²) in [5, 5.41) is 50.2. The summed E-state index contributed by atoms with van der Waals surface area (Å²) >= 11 is 0. The van der Waals surface area contributed by atoms with Crippen LogP contribution in [0.1, 0.15) is 131 Å². The van der Waals surface area contributed by atoms with Crippen LogP contribution in [-0.4, -0.2) is 207 Å². The van der Waals surface area contributed by atoms with Crippen LogP contribution in [0.2, 0.25) is 0 Å². The minimum absolute atomic E-state index is 0.0124. The molecular weight excluding hydrogens is 1550 g/mol. The van der Waals surface area contributed by atoms with E-state index in [0.29, 0.717) is 12.1 Å². The van der Waals surface area contributed by atoms with Gasteiger partial charge in [-0.25, -0.2) is 17.6 Å². The number of carbonyl (C=O) groups excluding carboxylic acids is 3. The molecule has 7 aliphatic rings. The first kappa shape index (κ1) is 89.9. The van der Waals surface area contributed by atoms with E-state index in [0.717, 1.165) is 142 Å². The second-order valence-corrected chi connectivity index (χ2v) is 31.8. The summed E-state index contributed by atoms with van der Waals surface area (Å²) in [5.74, 6) is -20.7. The number of amides is 3. The minimum atomic E-state index is -3.60. The molecule has 4 fully saturated rings. The Bertz CT molecular complexity index is 4040. The van der Waals surface area contributed by atoms with E-state index in [1.54, 1.807) is 42.5 Å². The van der Waals surface area contributed by atoms with Gasteiger partial charge in [0, 0.05) is 50.0 Å². The maximum atomic E-state index is 15.2. The molecule has 0 spiro atoms. The van der Waals surface area contributed by atoms with Gasteiger partial charge in [0.2, 0.25) is 0 Å². The van der Waals surface area contributed by atoms with Crippen LogP contribution in [-0.2, 0) is 52.9 Å². The number of nitrogens with zero attached hydrogens (tertiary/aromatic N) is 4. The first-order valence-corrected chi connectivity index (χ1v) is 40.5. The number of halogens is 10. The molecule has 118 heavy (non-hydrogen) atoms. The van der Waals surface area contributed by atoms with E-state index < -0.39 is 125 Å². The zero-order valence-electron chi connectivity index (χ0n) is 66.9. The molecule has 7 aromatic rings. The number of methoxy groups -OCH3 is 4. The fourth-order valence-corrected chi connectivity index (χ4v) is 17.0. The minimum Gasteiger partial charge on any atom is -0.494 e. The number of nitrogens with one attached hydrogen (secondary N) is 3. The predicted octanol–water partition coefficient (Wildman–Crippen LogP) is 11.8. The van der Waals surface area contributed by atoms with Crippen molar-refractivity contribution in [1.82, 2.24) is 35.6 Å². The highest BCUT2D eigenvalue weighted by Gasteiger charge is 2.53. The maximum Gasteiger partial charge on any atom is 0.327 e. The Labute approximate surface area is 682 Å². The largest absolute Gasteiger partial charge is 0.494 e. The molecule has 19 nitrogen and oxygen atoms in total. The number of aliphatic hydroxyl groups excluding tert-OH is 4. The second kappa shape index (κ2) is 40.9. The molecule has 7 aromatic carbocycles. The summed E-state index contributed by atoms with van der Waals surface area (Å²) in [6.45, 7) is 7.80. The van der Waals surface area contributed by atoms with Gasteiger partial charge >= 0.3 is 17.8 Å². The van der Waals surface area contributed by atoms with Crippen molar-refractivity contribution in [3.63, 3.8) is 0 Å². The summed E-state index contributed by atoms with van der Waals surface area (Å²) in [6, 6.07) is 34.5. The fourth-order valence-electron chi connectivity index (χ4n) is 17.0. The Morgan fingerprint density at radius 3 is 0.763 bits per heavy atom. The lowest BCUT2D eigenvalue weighted by Gasteiger charge is -2.31. The van der Waals surface area contributed by atoms with Crippen molar-refractivity contribution in [2.24, 2.45) is 23.5 Å². The molecule has 4 aliphatic heterocycles. The fraction of sp³-hybridized carbons (Fsp3) is 0.494. The van der Waals surface area contributed by atoms with Gasteiger partial charge in [-0.15, -0.1) is 0 Å². The highest BCUT2D eigenvalue weighted by atomic mass is 19.3. The summed E-state index contributed by atoms with van der Waals surface area (Å²) in [5.41, 5.74) is 12.0. The van der Waals surface area contributed by atoms with Crippen LogP contribution in [0.5, 0.6) is 23.0 Å². The van der Waals surface area contributed by atoms with Crippen LogP contribution in [0.15, 0.2) is 146 Å². The average Bonchev–Trinajstić information content (AvgIpc) is 1.62. The van der Waals surface area contributed by atoms with Crippen molar-refractivity contribution in [1.29, 1.82) is 0 Å². The molecule has 4 saturated heterocycles. The lowest BCUT2D eigenvalue weighted by molar-refractivity contribution is -0.155. The molecule has 4 heterocycles. The summed E-state index contributed by atoms with van der Waals surface area (Å²) < 4.78 is 167. The number of hydrogen-bond acceptors (Lipinski definition) is 16. The molecule has 2 unspecified atom stereocenters. The average molecular weight is 1660 g/mol. The molecule has 29 heteroatoms. The van der Waals surface area contributed by atoms with E-state index in [1.807, 2.05) is 51.1 Å². The number of fused-ring (bicyclic) bond motifs is 3. The Hall–Kier alpha value is -8.91. The van der Waals surface area contributed by atoms with Crippen LogP contribution in [0.25, 0.3) is 0 Å². The molecule has 3 aliphatic carbocycles. The van der Waals surface area contributed by atoms with Crippen LogP contribution >= 0.6 is 0 Å². The Balaban J connectivity index is 0.000000157. The molecule has 0 saturated carbocycles. The number of carbonyl (C=O) groups is 3. The second-order valence-electron chi connectivity index (χ2n) is 31.8. The Morgan fingerprint density at radius 2 is 0.559 bits per heavy atom. The van der Waals surface area contributed by atoms with E-state index in [-0.39, 0.29) is 97.8 Å². The lowest BCUT2D eigenvalue weighted by Crippen LogP contribution is -2.54. The monoisotopic (exact) mass is 1650 g/mol. The van der Waals surface area contributed by atoms with Crippen molar-refractivity contribution >= 4 is 17.7 Å². The zero-order chi connectivity index (χ0) is 84.6. The van der Waals surface area contributed by atoms with Gasteiger partial charge in [0.1, 0.15) is 18.3 Å². The third-order valence-corrected chi connectivity index (χ3v) is 23.8. The number of benzene rings is 7. The van der Waals surface area contributed by atoms with Crippen molar-refractivity contribution in [3.8, 4) is 23.0 Å². The quantitative estimate of drug-likeness (QED) is 0.0203. The molecular formula is C89H108F10N8O11. The van der Waals surface area contributed by atoms with Crippen LogP contribution in [0, 0.1) is 41.0 Å². The molecule has 8 atom stereocenters. The van der Waals surface area contributed by atoms with E-state index in [2.05, 4.69) is 20.9 Å². The number of likely N-dealkylation sites (tertiary alicyclic amines) is 4. The van der Waals surface area contributed by atoms with Gasteiger partial charge in [-0.05, 0) is 246 Å². The van der Waals surface area contributed by atoms with Gasteiger partial charge in [0.25, 0.3) is 17.7 Å². The van der Waals surface area contributed by atoms with Crippen LogP contribution < -0.4 is 40.6 Å². The highest BCUT2D eigenvalue weighted by molar-refractivity contribution is 5.85. The van der Waals surface area contributed by atoms with E-state index >= 15 is 26.3 Å². The Morgan fingerprint density at radius 1 is 0.356 bits per heavy atom. The van der Waals surface area contributed by atoms with E-state index in [1.165, 1.54) is 89.8 Å². The number of rotatable bonds is 29. The highest BCUT2D eigenvalue weighted by Crippen LogP contribution is 2.42. The van der Waals surface area contributed by atoms with Gasteiger partial charge in [-0.3, -0.25) is 14.4 Å². The topological polar surface area (TPSA) is 244 Å². The molecule has 0 bridgehead atoms. The standard InChI is InChI=1S/3C25H29F3N2O3.C14H21FN2O2/c3*1-33-22-9-8-18(14-20(22)26)23(31)21(15-30-10-4-5-11-30)29-24(32)25(27,28)19-12-16-6-2-3-7-17(16)13-19;1-19-13-5-4-10(8-11(13)15)14(18)12(16)9-17-6-2-3-7-17/h3*2-3,6-9,14,19,21,23,31H,4-5,10-13,15H2,1H3,(H,29,32);4-5,8,12,14,18H,2-3,6-7,9,16H2,1H3/t21-,23?;21-,23+;21-,23-;12-,14?/m1111/s1. The van der Waals surface area contributed by atoms with Crippen molar-refractivity contribution < 1.29 is 97.7 Å². The molecule has 3 amide bonds. The number of ether oxygens (including phenoxy) is 4. The van der Waals surface area contributed by atoms with Gasteiger partial charge in [0.15, 0.2) is 46.3 Å². The summed E-state index contributed by atoms with van der Waals surface area (Å²) in [4.78, 5) is 46.7. The first-order chi connectivity index (χ1) is 56.5. The normalized spacial score (nSPS) is 18.8. The SMILES string of the molecule is COc1ccc(C(O)[C@@H](CN2CCCC2)NC(=O)C(F)(F)C2Cc3ccccc3C2)cc1F.COc1ccc(C(O)[C@H](N)CN2CCCC2)cc1F.COc1ccc([C@@H](O)[C@@H](CN2CCCC2)NC(=O)C(F)(F)C2Cc3ccccc3C2)cc1F.COc1ccc([C@H](O)[C@@H](CN2CCCC2)NC(=O)C(F)(F)C2Cc3ccccc3C2)cc1F. The molecule has 640 valence electrons. The van der Waals surface area contributed by atoms with E-state index in [9.17, 15) is 52.4 Å². The summed E-state index contributed by atoms with van der Waals surface area (Å²) in [7, 11) is 5.39. The van der Waals surface area contributed by atoms with Crippen molar-refractivity contribution in [3.05, 3.63) is 224 Å². The van der Waals surface area contributed by atoms with Gasteiger partial charge in [-0.2, -0.15) is 26.3 Å². The first-order valence-electron chi connectivity index (χ1n) is 40.5. The summed E-state index contributed by atoms with van der Waals surface area (Å²) in [6.07, 6.45) is 3.96. The number of aliphatic hydroxyl groups is 4. The lowest BCUT2D eigenvalue weighted by atomic mass is 9.95. The van der Waals surface area contributed by atoms with Gasteiger partial charge < -0.3 is 80.7 Å². The van der Waals surface area contributed by atoms with Gasteiger partial charge in [0.05, 0.1) is 52.7 Å². The zero-order valence-corrected chi connectivity index (χ0v) is 66.9. The van der Waals surface area contributed by atoms with Crippen molar-refractivity contribution in [2.45, 2.75) is 156 Å². The third-order valence-electron chi connectivity index (χ3n) is 23.8. The van der Waals surface area contributed by atoms with Crippen LogP contribution in [0.3, 0.4) is 0 Å². The number of alkyl halides is 6. The van der Waals surface area contributed by atoms with Gasteiger partial charge in [-0.1, -0.05) is 97.1 Å². The number of hydrogen-bond donors (Lipinski definition) is 8. The molecule has 0 aromatic heterocycles. The smallest absolute Gasteiger partial charge is 0.327 e. The number of nitrogens with two attached hydrogens (primary N) is 1. The van der Waals surface area contributed by atoms with E-state index in [4.69, 9.17) is 24.7 Å². The molecule has 9 N–H and O–H groups in total. The van der Waals surface area contributed by atoms with Crippen LogP contribution in [0.4, 0.5) is 43.9 Å². The molecule has 0 radical (unpaired) electrons. The Kier molecular flexibility index (Phi) is 31.2. The van der Waals surface area contributed by atoms with Crippen molar-refractivity contribution in [2.75, 3.05) is 107 Å².